The number of aromatic amines is 1. The fourth-order valence-electron chi connectivity index (χ4n) is 5.53. The summed E-state index contributed by atoms with van der Waals surface area (Å²) >= 11 is 0. The van der Waals surface area contributed by atoms with Gasteiger partial charge in [-0.25, -0.2) is 10.4 Å². The van der Waals surface area contributed by atoms with Gasteiger partial charge in [-0.1, -0.05) is 19.1 Å². The summed E-state index contributed by atoms with van der Waals surface area (Å²) in [5, 5.41) is 13.4. The van der Waals surface area contributed by atoms with Crippen LogP contribution < -0.4 is 16.2 Å². The van der Waals surface area contributed by atoms with Crippen molar-refractivity contribution in [3.8, 4) is 5.75 Å². The number of benzene rings is 1. The molecule has 4 unspecified atom stereocenters. The Bertz CT molecular complexity index is 935. The van der Waals surface area contributed by atoms with Crippen molar-refractivity contribution in [2.45, 2.75) is 70.0 Å². The zero-order chi connectivity index (χ0) is 20.7. The molecule has 5 atom stereocenters. The number of aromatic nitrogens is 2. The summed E-state index contributed by atoms with van der Waals surface area (Å²) in [4.78, 5) is 8.33. The van der Waals surface area contributed by atoms with Crippen molar-refractivity contribution in [3.63, 3.8) is 0 Å². The molecule has 0 radical (unpaired) electrons. The van der Waals surface area contributed by atoms with Crippen molar-refractivity contribution in [2.75, 3.05) is 6.54 Å². The van der Waals surface area contributed by atoms with Crippen LogP contribution in [0.25, 0.3) is 5.57 Å². The third-order valence-electron chi connectivity index (χ3n) is 7.30. The third-order valence-corrected chi connectivity index (χ3v) is 7.30. The smallest absolute Gasteiger partial charge is 0.125 e. The Labute approximate surface area is 178 Å². The number of aromatic hydroxyl groups is 1. The number of phenolic OH excluding ortho intramolecular Hbond substituents is 1. The Morgan fingerprint density at radius 2 is 2.10 bits per heavy atom. The predicted molar refractivity (Wildman–Crippen MR) is 119 cm³/mol. The molecule has 2 aliphatic heterocycles. The monoisotopic (exact) mass is 407 g/mol. The fourth-order valence-corrected chi connectivity index (χ4v) is 5.53. The molecule has 2 fully saturated rings. The van der Waals surface area contributed by atoms with Crippen molar-refractivity contribution in [3.05, 3.63) is 53.1 Å². The highest BCUT2D eigenvalue weighted by Crippen LogP contribution is 2.44. The van der Waals surface area contributed by atoms with Crippen molar-refractivity contribution in [1.82, 2.24) is 26.1 Å². The maximum Gasteiger partial charge on any atom is 0.125 e. The maximum absolute atomic E-state index is 9.85. The third kappa shape index (κ3) is 3.68. The van der Waals surface area contributed by atoms with Crippen LogP contribution in [0.3, 0.4) is 0 Å². The van der Waals surface area contributed by atoms with Crippen LogP contribution in [0.4, 0.5) is 0 Å². The van der Waals surface area contributed by atoms with E-state index in [4.69, 9.17) is 4.98 Å². The van der Waals surface area contributed by atoms with Crippen molar-refractivity contribution >= 4 is 5.57 Å². The molecule has 5 N–H and O–H groups in total. The Hall–Kier alpha value is -2.15. The van der Waals surface area contributed by atoms with Crippen LogP contribution in [0, 0.1) is 5.92 Å². The highest BCUT2D eigenvalue weighted by molar-refractivity contribution is 5.64. The van der Waals surface area contributed by atoms with E-state index in [1.54, 1.807) is 0 Å². The Balaban J connectivity index is 1.29. The lowest BCUT2D eigenvalue weighted by molar-refractivity contribution is 0.276. The summed E-state index contributed by atoms with van der Waals surface area (Å²) in [6.07, 6.45) is 9.81. The second-order valence-corrected chi connectivity index (χ2v) is 9.21. The molecule has 6 heteroatoms. The largest absolute Gasteiger partial charge is 0.508 e. The fraction of sp³-hybridized carbons (Fsp3) is 0.542. The van der Waals surface area contributed by atoms with E-state index >= 15 is 0 Å². The van der Waals surface area contributed by atoms with E-state index in [1.807, 2.05) is 18.3 Å². The van der Waals surface area contributed by atoms with Crippen LogP contribution in [0.5, 0.6) is 5.75 Å². The highest BCUT2D eigenvalue weighted by Gasteiger charge is 2.42. The van der Waals surface area contributed by atoms with Gasteiger partial charge in [-0.3, -0.25) is 5.43 Å². The van der Waals surface area contributed by atoms with Crippen LogP contribution in [0.2, 0.25) is 0 Å². The lowest BCUT2D eigenvalue weighted by Crippen LogP contribution is -2.35. The first kappa shape index (κ1) is 19.8. The average Bonchev–Trinajstić information content (AvgIpc) is 3.40. The molecule has 5 rings (SSSR count). The van der Waals surface area contributed by atoms with Gasteiger partial charge in [-0.2, -0.15) is 0 Å². The zero-order valence-corrected chi connectivity index (χ0v) is 17.9. The van der Waals surface area contributed by atoms with Gasteiger partial charge in [-0.15, -0.1) is 0 Å². The number of fused-ring (bicyclic) bond motifs is 1. The summed E-state index contributed by atoms with van der Waals surface area (Å²) < 4.78 is 0. The van der Waals surface area contributed by atoms with E-state index in [2.05, 4.69) is 47.1 Å². The van der Waals surface area contributed by atoms with E-state index in [0.29, 0.717) is 29.7 Å². The van der Waals surface area contributed by atoms with Crippen molar-refractivity contribution < 1.29 is 5.11 Å². The van der Waals surface area contributed by atoms with Crippen molar-refractivity contribution in [1.29, 1.82) is 0 Å². The van der Waals surface area contributed by atoms with Crippen LogP contribution >= 0.6 is 0 Å². The molecule has 6 nitrogen and oxygen atoms in total. The SMILES string of the molecule is CCc1cc(O)ccc1C1CCC2C(C1)NNC2c1ncc(C2=CC[C@@H](C)NC2)[nH]1. The molecule has 1 aromatic carbocycles. The van der Waals surface area contributed by atoms with Gasteiger partial charge in [0.05, 0.1) is 17.9 Å². The van der Waals surface area contributed by atoms with E-state index in [-0.39, 0.29) is 6.04 Å². The number of hydrogen-bond donors (Lipinski definition) is 5. The minimum absolute atomic E-state index is 0.228. The van der Waals surface area contributed by atoms with Gasteiger partial charge >= 0.3 is 0 Å². The van der Waals surface area contributed by atoms with E-state index < -0.39 is 0 Å². The zero-order valence-electron chi connectivity index (χ0n) is 17.9. The molecule has 160 valence electrons. The number of hydrazine groups is 1. The molecule has 30 heavy (non-hydrogen) atoms. The molecule has 3 heterocycles. The second-order valence-electron chi connectivity index (χ2n) is 9.21. The molecule has 1 saturated carbocycles. The first-order valence-corrected chi connectivity index (χ1v) is 11.4. The molecule has 1 aromatic heterocycles. The average molecular weight is 408 g/mol. The summed E-state index contributed by atoms with van der Waals surface area (Å²) in [6, 6.07) is 7.12. The summed E-state index contributed by atoms with van der Waals surface area (Å²) in [6.45, 7) is 5.29. The lowest BCUT2D eigenvalue weighted by Gasteiger charge is -2.33. The molecular weight excluding hydrogens is 374 g/mol. The van der Waals surface area contributed by atoms with E-state index in [0.717, 1.165) is 37.3 Å². The number of nitrogens with zero attached hydrogens (tertiary/aromatic N) is 1. The minimum atomic E-state index is 0.228. The van der Waals surface area contributed by atoms with Gasteiger partial charge in [0.15, 0.2) is 0 Å². The molecular formula is C24H33N5O. The topological polar surface area (TPSA) is 85.0 Å². The number of nitrogens with one attached hydrogen (secondary N) is 4. The lowest BCUT2D eigenvalue weighted by atomic mass is 9.73. The van der Waals surface area contributed by atoms with Gasteiger partial charge in [0.25, 0.3) is 0 Å². The second kappa shape index (κ2) is 8.17. The number of imidazole rings is 1. The highest BCUT2D eigenvalue weighted by atomic mass is 16.3. The van der Waals surface area contributed by atoms with Crippen LogP contribution in [-0.2, 0) is 6.42 Å². The summed E-state index contributed by atoms with van der Waals surface area (Å²) in [5.41, 5.74) is 12.2. The number of H-pyrrole nitrogens is 1. The molecule has 2 aromatic rings. The van der Waals surface area contributed by atoms with Crippen molar-refractivity contribution in [2.24, 2.45) is 5.92 Å². The number of phenols is 1. The molecule has 0 amide bonds. The number of rotatable bonds is 4. The quantitative estimate of drug-likeness (QED) is 0.535. The summed E-state index contributed by atoms with van der Waals surface area (Å²) in [7, 11) is 0. The molecule has 3 aliphatic rings. The molecule has 1 aliphatic carbocycles. The minimum Gasteiger partial charge on any atom is -0.508 e. The van der Waals surface area contributed by atoms with Gasteiger partial charge in [0, 0.05) is 18.6 Å². The van der Waals surface area contributed by atoms with E-state index in [9.17, 15) is 5.11 Å². The van der Waals surface area contributed by atoms with Crippen LogP contribution in [-0.4, -0.2) is 33.7 Å². The van der Waals surface area contributed by atoms with Gasteiger partial charge in [-0.05, 0) is 79.7 Å². The molecule has 0 spiro atoms. The standard InChI is InChI=1S/C24H33N5O/c1-3-15-10-18(30)7-9-19(15)16-6-8-20-21(11-16)28-29-23(20)24-26-13-22(27-24)17-5-4-14(2)25-12-17/h5,7,9-10,13-14,16,20-21,23,25,28-30H,3-4,6,8,11-12H2,1-2H3,(H,26,27)/t14-,16?,20?,21?,23?/m1/s1. The van der Waals surface area contributed by atoms with Crippen LogP contribution in [0.1, 0.15) is 74.1 Å². The van der Waals surface area contributed by atoms with Gasteiger partial charge < -0.3 is 15.4 Å². The molecule has 0 bridgehead atoms. The number of hydrogen-bond acceptors (Lipinski definition) is 5. The predicted octanol–water partition coefficient (Wildman–Crippen LogP) is 3.54. The summed E-state index contributed by atoms with van der Waals surface area (Å²) in [5.74, 6) is 2.50. The Morgan fingerprint density at radius 3 is 2.90 bits per heavy atom. The Kier molecular flexibility index (Phi) is 5.39. The van der Waals surface area contributed by atoms with E-state index in [1.165, 1.54) is 29.5 Å². The first-order valence-electron chi connectivity index (χ1n) is 11.4. The molecule has 1 saturated heterocycles. The Morgan fingerprint density at radius 1 is 1.20 bits per heavy atom. The normalized spacial score (nSPS) is 31.4. The number of aryl methyl sites for hydroxylation is 1. The van der Waals surface area contributed by atoms with Gasteiger partial charge in [0.1, 0.15) is 11.6 Å². The van der Waals surface area contributed by atoms with Crippen LogP contribution in [0.15, 0.2) is 30.5 Å². The maximum atomic E-state index is 9.85. The van der Waals surface area contributed by atoms with Gasteiger partial charge in [0.2, 0.25) is 0 Å². The first-order chi connectivity index (χ1) is 14.6.